The average Bonchev–Trinajstić information content (AvgIpc) is 2.43. The third-order valence-corrected chi connectivity index (χ3v) is 2.44. The predicted molar refractivity (Wildman–Crippen MR) is 74.2 cm³/mol. The molecule has 1 atom stereocenters. The molecule has 1 aromatic rings. The second-order valence-electron chi connectivity index (χ2n) is 4.19. The first-order valence-electron chi connectivity index (χ1n) is 6.63. The van der Waals surface area contributed by atoms with Crippen molar-refractivity contribution in [2.45, 2.75) is 33.3 Å². The third kappa shape index (κ3) is 5.65. The Kier molecular flexibility index (Phi) is 6.81. The molecule has 6 nitrogen and oxygen atoms in total. The molecular weight excluding hydrogens is 244 g/mol. The largest absolute Gasteiger partial charge is 0.377 e. The van der Waals surface area contributed by atoms with Crippen LogP contribution < -0.4 is 10.6 Å². The Morgan fingerprint density at radius 2 is 2.16 bits per heavy atom. The van der Waals surface area contributed by atoms with Gasteiger partial charge in [-0.1, -0.05) is 6.92 Å². The van der Waals surface area contributed by atoms with E-state index in [9.17, 15) is 4.79 Å². The summed E-state index contributed by atoms with van der Waals surface area (Å²) >= 11 is 0. The van der Waals surface area contributed by atoms with E-state index in [1.165, 1.54) is 6.20 Å². The Labute approximate surface area is 114 Å². The summed E-state index contributed by atoms with van der Waals surface area (Å²) < 4.78 is 5.33. The van der Waals surface area contributed by atoms with Crippen LogP contribution in [0.15, 0.2) is 12.4 Å². The molecule has 0 bridgehead atoms. The maximum Gasteiger partial charge on any atom is 0.271 e. The molecule has 0 saturated heterocycles. The Hall–Kier alpha value is -1.69. The second kappa shape index (κ2) is 8.42. The smallest absolute Gasteiger partial charge is 0.271 e. The zero-order valence-corrected chi connectivity index (χ0v) is 11.8. The molecule has 2 N–H and O–H groups in total. The lowest BCUT2D eigenvalue weighted by molar-refractivity contribution is 0.0693. The van der Waals surface area contributed by atoms with Crippen LogP contribution in [0.2, 0.25) is 0 Å². The fourth-order valence-electron chi connectivity index (χ4n) is 1.46. The van der Waals surface area contributed by atoms with Crippen molar-refractivity contribution >= 4 is 11.7 Å². The van der Waals surface area contributed by atoms with Gasteiger partial charge in [-0.2, -0.15) is 0 Å². The molecule has 0 aliphatic heterocycles. The highest BCUT2D eigenvalue weighted by Gasteiger charge is 2.09. The number of nitrogens with zero attached hydrogens (tertiary/aromatic N) is 2. The average molecular weight is 266 g/mol. The molecule has 0 aromatic carbocycles. The molecule has 0 radical (unpaired) electrons. The highest BCUT2D eigenvalue weighted by molar-refractivity contribution is 5.92. The van der Waals surface area contributed by atoms with Crippen molar-refractivity contribution in [2.24, 2.45) is 0 Å². The van der Waals surface area contributed by atoms with E-state index in [1.807, 2.05) is 13.8 Å². The Balaban J connectivity index is 2.44. The zero-order chi connectivity index (χ0) is 14.1. The Morgan fingerprint density at radius 3 is 2.74 bits per heavy atom. The summed E-state index contributed by atoms with van der Waals surface area (Å²) in [5.74, 6) is 0.446. The minimum Gasteiger partial charge on any atom is -0.377 e. The van der Waals surface area contributed by atoms with Crippen LogP contribution >= 0.6 is 0 Å². The number of carbonyl (C=O) groups is 1. The van der Waals surface area contributed by atoms with Crippen LogP contribution in [0, 0.1) is 0 Å². The molecule has 1 amide bonds. The van der Waals surface area contributed by atoms with Crippen LogP contribution in [0.25, 0.3) is 0 Å². The molecule has 1 heterocycles. The van der Waals surface area contributed by atoms with Crippen LogP contribution in [0.1, 0.15) is 37.7 Å². The summed E-state index contributed by atoms with van der Waals surface area (Å²) in [6.45, 7) is 7.84. The lowest BCUT2D eigenvalue weighted by atomic mass is 10.3. The van der Waals surface area contributed by atoms with E-state index in [-0.39, 0.29) is 12.0 Å². The van der Waals surface area contributed by atoms with E-state index >= 15 is 0 Å². The predicted octanol–water partition coefficient (Wildman–Crippen LogP) is 1.45. The Morgan fingerprint density at radius 1 is 1.37 bits per heavy atom. The lowest BCUT2D eigenvalue weighted by Crippen LogP contribution is -2.32. The summed E-state index contributed by atoms with van der Waals surface area (Å²) in [5, 5.41) is 5.86. The molecular formula is C13H22N4O2. The van der Waals surface area contributed by atoms with Gasteiger partial charge in [-0.25, -0.2) is 9.97 Å². The van der Waals surface area contributed by atoms with Gasteiger partial charge in [-0.05, 0) is 20.3 Å². The van der Waals surface area contributed by atoms with Gasteiger partial charge in [0.25, 0.3) is 5.91 Å². The van der Waals surface area contributed by atoms with Crippen molar-refractivity contribution in [3.63, 3.8) is 0 Å². The molecule has 6 heteroatoms. The topological polar surface area (TPSA) is 76.1 Å². The summed E-state index contributed by atoms with van der Waals surface area (Å²) in [6, 6.07) is 0. The molecule has 0 saturated carbocycles. The minimum absolute atomic E-state index is 0.00703. The van der Waals surface area contributed by atoms with Gasteiger partial charge in [-0.3, -0.25) is 4.79 Å². The molecule has 1 aromatic heterocycles. The number of hydrogen-bond acceptors (Lipinski definition) is 5. The second-order valence-corrected chi connectivity index (χ2v) is 4.19. The first-order chi connectivity index (χ1) is 9.17. The molecule has 1 unspecified atom stereocenters. The molecule has 0 fully saturated rings. The van der Waals surface area contributed by atoms with Crippen molar-refractivity contribution < 1.29 is 9.53 Å². The number of rotatable bonds is 8. The van der Waals surface area contributed by atoms with Crippen molar-refractivity contribution in [3.8, 4) is 0 Å². The molecule has 106 valence electrons. The van der Waals surface area contributed by atoms with Gasteiger partial charge in [0.15, 0.2) is 0 Å². The number of ether oxygens (including phenoxy) is 1. The number of hydrogen-bond donors (Lipinski definition) is 2. The maximum absolute atomic E-state index is 11.8. The molecule has 19 heavy (non-hydrogen) atoms. The van der Waals surface area contributed by atoms with E-state index in [0.717, 1.165) is 13.0 Å². The normalized spacial score (nSPS) is 11.9. The van der Waals surface area contributed by atoms with Crippen molar-refractivity contribution in [3.05, 3.63) is 18.1 Å². The summed E-state index contributed by atoms with van der Waals surface area (Å²) in [6.07, 6.45) is 4.04. The van der Waals surface area contributed by atoms with E-state index in [1.54, 1.807) is 6.20 Å². The monoisotopic (exact) mass is 266 g/mol. The molecule has 0 aliphatic carbocycles. The fraction of sp³-hybridized carbons (Fsp3) is 0.615. The quantitative estimate of drug-likeness (QED) is 0.745. The van der Waals surface area contributed by atoms with Gasteiger partial charge in [0.2, 0.25) is 0 Å². The molecule has 0 spiro atoms. The standard InChI is InChI=1S/C13H22N4O2/c1-4-6-14-12-9-15-11(8-16-12)13(18)17-7-10(3)19-5-2/h8-10H,4-7H2,1-3H3,(H,14,16)(H,17,18). The number of aromatic nitrogens is 2. The summed E-state index contributed by atoms with van der Waals surface area (Å²) in [7, 11) is 0. The van der Waals surface area contributed by atoms with Gasteiger partial charge >= 0.3 is 0 Å². The van der Waals surface area contributed by atoms with Crippen LogP contribution in [0.5, 0.6) is 0 Å². The first-order valence-corrected chi connectivity index (χ1v) is 6.63. The van der Waals surface area contributed by atoms with Gasteiger partial charge < -0.3 is 15.4 Å². The number of anilines is 1. The number of nitrogens with one attached hydrogen (secondary N) is 2. The Bertz CT molecular complexity index is 381. The van der Waals surface area contributed by atoms with E-state index in [2.05, 4.69) is 27.5 Å². The van der Waals surface area contributed by atoms with Crippen molar-refractivity contribution in [1.82, 2.24) is 15.3 Å². The van der Waals surface area contributed by atoms with Crippen LogP contribution in [-0.2, 0) is 4.74 Å². The fourth-order valence-corrected chi connectivity index (χ4v) is 1.46. The van der Waals surface area contributed by atoms with Gasteiger partial charge in [-0.15, -0.1) is 0 Å². The minimum atomic E-state index is -0.235. The highest BCUT2D eigenvalue weighted by atomic mass is 16.5. The lowest BCUT2D eigenvalue weighted by Gasteiger charge is -2.12. The molecule has 0 aliphatic rings. The van der Waals surface area contributed by atoms with E-state index in [0.29, 0.717) is 24.7 Å². The SMILES string of the molecule is CCCNc1cnc(C(=O)NCC(C)OCC)cn1. The third-order valence-electron chi connectivity index (χ3n) is 2.44. The van der Waals surface area contributed by atoms with Crippen LogP contribution in [0.3, 0.4) is 0 Å². The summed E-state index contributed by atoms with van der Waals surface area (Å²) in [4.78, 5) is 20.0. The van der Waals surface area contributed by atoms with Crippen molar-refractivity contribution in [2.75, 3.05) is 25.0 Å². The summed E-state index contributed by atoms with van der Waals surface area (Å²) in [5.41, 5.74) is 0.311. The number of carbonyl (C=O) groups excluding carboxylic acids is 1. The van der Waals surface area contributed by atoms with E-state index < -0.39 is 0 Å². The van der Waals surface area contributed by atoms with Gasteiger partial charge in [0.1, 0.15) is 11.5 Å². The van der Waals surface area contributed by atoms with Crippen LogP contribution in [0.4, 0.5) is 5.82 Å². The van der Waals surface area contributed by atoms with Crippen LogP contribution in [-0.4, -0.2) is 41.7 Å². The first kappa shape index (κ1) is 15.4. The zero-order valence-electron chi connectivity index (χ0n) is 11.8. The van der Waals surface area contributed by atoms with Crippen molar-refractivity contribution in [1.29, 1.82) is 0 Å². The molecule has 1 rings (SSSR count). The van der Waals surface area contributed by atoms with E-state index in [4.69, 9.17) is 4.74 Å². The number of amides is 1. The van der Waals surface area contributed by atoms with Gasteiger partial charge in [0.05, 0.1) is 18.5 Å². The maximum atomic E-state index is 11.8. The highest BCUT2D eigenvalue weighted by Crippen LogP contribution is 2.01. The van der Waals surface area contributed by atoms with Gasteiger partial charge in [0, 0.05) is 19.7 Å².